The van der Waals surface area contributed by atoms with Gasteiger partial charge in [-0.2, -0.15) is 0 Å². The van der Waals surface area contributed by atoms with Crippen LogP contribution in [0.25, 0.3) is 0 Å². The van der Waals surface area contributed by atoms with E-state index < -0.39 is 0 Å². The molecule has 0 radical (unpaired) electrons. The summed E-state index contributed by atoms with van der Waals surface area (Å²) < 4.78 is 5.77. The van der Waals surface area contributed by atoms with Gasteiger partial charge in [-0.25, -0.2) is 4.99 Å². The van der Waals surface area contributed by atoms with Gasteiger partial charge in [-0.15, -0.1) is 24.0 Å². The van der Waals surface area contributed by atoms with Gasteiger partial charge in [-0.1, -0.05) is 37.3 Å². The number of carbonyl (C=O) groups is 1. The number of halogens is 1. The zero-order valence-electron chi connectivity index (χ0n) is 16.9. The second kappa shape index (κ2) is 14.7. The van der Waals surface area contributed by atoms with E-state index in [1.165, 1.54) is 0 Å². The maximum Gasteiger partial charge on any atom is 0.246 e. The Morgan fingerprint density at radius 3 is 2.66 bits per heavy atom. The molecular formula is C21H30IN5O2. The zero-order valence-corrected chi connectivity index (χ0v) is 19.3. The van der Waals surface area contributed by atoms with Gasteiger partial charge in [0.05, 0.1) is 25.1 Å². The van der Waals surface area contributed by atoms with E-state index in [1.807, 2.05) is 25.1 Å². The Morgan fingerprint density at radius 2 is 1.97 bits per heavy atom. The lowest BCUT2D eigenvalue weighted by Crippen LogP contribution is -2.40. The molecule has 0 spiro atoms. The SMILES string of the molecule is CCNC(=NCC(=O)Nc1cccnc1)NCC(C)COCc1ccccc1.I. The van der Waals surface area contributed by atoms with Crippen molar-refractivity contribution in [3.8, 4) is 0 Å². The molecule has 1 amide bonds. The maximum absolute atomic E-state index is 12.0. The summed E-state index contributed by atoms with van der Waals surface area (Å²) in [6.07, 6.45) is 3.26. The van der Waals surface area contributed by atoms with E-state index in [1.54, 1.807) is 24.5 Å². The molecule has 0 bridgehead atoms. The lowest BCUT2D eigenvalue weighted by molar-refractivity contribution is -0.114. The third-order valence-electron chi connectivity index (χ3n) is 3.80. The Kier molecular flexibility index (Phi) is 12.6. The van der Waals surface area contributed by atoms with Crippen LogP contribution >= 0.6 is 24.0 Å². The number of aliphatic imine (C=N–C) groups is 1. The number of nitrogens with zero attached hydrogens (tertiary/aromatic N) is 2. The molecular weight excluding hydrogens is 481 g/mol. The molecule has 0 saturated carbocycles. The van der Waals surface area contributed by atoms with E-state index in [9.17, 15) is 4.79 Å². The highest BCUT2D eigenvalue weighted by atomic mass is 127. The summed E-state index contributed by atoms with van der Waals surface area (Å²) in [4.78, 5) is 20.3. The number of amides is 1. The molecule has 1 aromatic carbocycles. The molecule has 1 heterocycles. The first kappa shape index (κ1) is 24.8. The number of ether oxygens (including phenoxy) is 1. The molecule has 1 aromatic heterocycles. The van der Waals surface area contributed by atoms with Crippen molar-refractivity contribution in [3.63, 3.8) is 0 Å². The van der Waals surface area contributed by atoms with Crippen molar-refractivity contribution in [2.75, 3.05) is 31.6 Å². The summed E-state index contributed by atoms with van der Waals surface area (Å²) in [7, 11) is 0. The topological polar surface area (TPSA) is 87.6 Å². The fourth-order valence-electron chi connectivity index (χ4n) is 2.41. The molecule has 0 saturated heterocycles. The van der Waals surface area contributed by atoms with Crippen molar-refractivity contribution in [1.82, 2.24) is 15.6 Å². The van der Waals surface area contributed by atoms with Crippen LogP contribution in [0.2, 0.25) is 0 Å². The molecule has 2 rings (SSSR count). The third kappa shape index (κ3) is 10.8. The Labute approximate surface area is 189 Å². The Balaban J connectivity index is 0.00000420. The van der Waals surface area contributed by atoms with E-state index in [4.69, 9.17) is 4.74 Å². The predicted molar refractivity (Wildman–Crippen MR) is 128 cm³/mol. The Morgan fingerprint density at radius 1 is 1.17 bits per heavy atom. The number of carbonyl (C=O) groups excluding carboxylic acids is 1. The van der Waals surface area contributed by atoms with Crippen LogP contribution in [-0.4, -0.2) is 43.1 Å². The predicted octanol–water partition coefficient (Wildman–Crippen LogP) is 3.05. The highest BCUT2D eigenvalue weighted by molar-refractivity contribution is 14.0. The average Bonchev–Trinajstić information content (AvgIpc) is 2.71. The van der Waals surface area contributed by atoms with Gasteiger partial charge in [-0.3, -0.25) is 9.78 Å². The van der Waals surface area contributed by atoms with E-state index in [0.717, 1.165) is 12.1 Å². The number of rotatable bonds is 10. The molecule has 0 aliphatic carbocycles. The molecule has 1 atom stereocenters. The lowest BCUT2D eigenvalue weighted by Gasteiger charge is -2.16. The first-order chi connectivity index (χ1) is 13.7. The summed E-state index contributed by atoms with van der Waals surface area (Å²) in [6, 6.07) is 13.7. The van der Waals surface area contributed by atoms with Crippen LogP contribution in [0.4, 0.5) is 5.69 Å². The molecule has 0 aliphatic rings. The van der Waals surface area contributed by atoms with Gasteiger partial charge in [0.2, 0.25) is 5.91 Å². The first-order valence-electron chi connectivity index (χ1n) is 9.51. The van der Waals surface area contributed by atoms with Crippen molar-refractivity contribution in [1.29, 1.82) is 0 Å². The molecule has 29 heavy (non-hydrogen) atoms. The molecule has 0 aliphatic heterocycles. The van der Waals surface area contributed by atoms with Gasteiger partial charge in [0.25, 0.3) is 0 Å². The number of pyridine rings is 1. The van der Waals surface area contributed by atoms with Crippen LogP contribution < -0.4 is 16.0 Å². The van der Waals surface area contributed by atoms with E-state index in [0.29, 0.717) is 37.3 Å². The minimum absolute atomic E-state index is 0. The van der Waals surface area contributed by atoms with E-state index >= 15 is 0 Å². The number of aromatic nitrogens is 1. The van der Waals surface area contributed by atoms with Crippen molar-refractivity contribution < 1.29 is 9.53 Å². The van der Waals surface area contributed by atoms with Gasteiger partial charge in [0.15, 0.2) is 5.96 Å². The smallest absolute Gasteiger partial charge is 0.246 e. The number of hydrogen-bond donors (Lipinski definition) is 3. The highest BCUT2D eigenvalue weighted by Gasteiger charge is 2.06. The second-order valence-electron chi connectivity index (χ2n) is 6.47. The molecule has 158 valence electrons. The molecule has 2 aromatic rings. The van der Waals surface area contributed by atoms with Gasteiger partial charge in [-0.05, 0) is 30.5 Å². The first-order valence-corrected chi connectivity index (χ1v) is 9.51. The fraction of sp³-hybridized carbons (Fsp3) is 0.381. The molecule has 3 N–H and O–H groups in total. The summed E-state index contributed by atoms with van der Waals surface area (Å²) in [5.74, 6) is 0.722. The molecule has 8 heteroatoms. The summed E-state index contributed by atoms with van der Waals surface area (Å²) in [5, 5.41) is 9.16. The van der Waals surface area contributed by atoms with Crippen molar-refractivity contribution >= 4 is 41.5 Å². The normalized spacial score (nSPS) is 11.9. The van der Waals surface area contributed by atoms with Crippen molar-refractivity contribution in [2.45, 2.75) is 20.5 Å². The standard InChI is InChI=1S/C21H29N5O2.HI/c1-3-23-21(25-14-20(27)26-19-10-7-11-22-13-19)24-12-17(2)15-28-16-18-8-5-4-6-9-18;/h4-11,13,17H,3,12,14-16H2,1-2H3,(H,26,27)(H2,23,24,25);1H. The van der Waals surface area contributed by atoms with Crippen LogP contribution in [0.15, 0.2) is 59.9 Å². The van der Waals surface area contributed by atoms with Crippen LogP contribution in [-0.2, 0) is 16.1 Å². The second-order valence-corrected chi connectivity index (χ2v) is 6.47. The van der Waals surface area contributed by atoms with Crippen molar-refractivity contribution in [2.24, 2.45) is 10.9 Å². The van der Waals surface area contributed by atoms with Crippen LogP contribution in [0, 0.1) is 5.92 Å². The number of hydrogen-bond acceptors (Lipinski definition) is 4. The van der Waals surface area contributed by atoms with Gasteiger partial charge in [0, 0.05) is 19.3 Å². The third-order valence-corrected chi connectivity index (χ3v) is 3.80. The van der Waals surface area contributed by atoms with Crippen LogP contribution in [0.3, 0.4) is 0 Å². The average molecular weight is 511 g/mol. The summed E-state index contributed by atoms with van der Waals surface area (Å²) in [5.41, 5.74) is 1.82. The van der Waals surface area contributed by atoms with Gasteiger partial charge >= 0.3 is 0 Å². The highest BCUT2D eigenvalue weighted by Crippen LogP contribution is 2.03. The number of guanidine groups is 1. The van der Waals surface area contributed by atoms with Gasteiger partial charge < -0.3 is 20.7 Å². The quantitative estimate of drug-likeness (QED) is 0.259. The number of anilines is 1. The maximum atomic E-state index is 12.0. The number of benzene rings is 1. The van der Waals surface area contributed by atoms with Gasteiger partial charge in [0.1, 0.15) is 6.54 Å². The van der Waals surface area contributed by atoms with E-state index in [2.05, 4.69) is 45.0 Å². The van der Waals surface area contributed by atoms with E-state index in [-0.39, 0.29) is 36.4 Å². The fourth-order valence-corrected chi connectivity index (χ4v) is 2.41. The summed E-state index contributed by atoms with van der Waals surface area (Å²) >= 11 is 0. The minimum Gasteiger partial charge on any atom is -0.376 e. The number of nitrogens with one attached hydrogen (secondary N) is 3. The molecule has 1 unspecified atom stereocenters. The molecule has 7 nitrogen and oxygen atoms in total. The van der Waals surface area contributed by atoms with Crippen LogP contribution in [0.5, 0.6) is 0 Å². The van der Waals surface area contributed by atoms with Crippen LogP contribution in [0.1, 0.15) is 19.4 Å². The zero-order chi connectivity index (χ0) is 20.0. The molecule has 0 fully saturated rings. The van der Waals surface area contributed by atoms with Crippen molar-refractivity contribution in [3.05, 3.63) is 60.4 Å². The monoisotopic (exact) mass is 511 g/mol. The summed E-state index contributed by atoms with van der Waals surface area (Å²) in [6.45, 7) is 6.79. The Hall–Kier alpha value is -2.20. The lowest BCUT2D eigenvalue weighted by atomic mass is 10.2. The largest absolute Gasteiger partial charge is 0.376 e. The minimum atomic E-state index is -0.190. The Bertz CT molecular complexity index is 728.